The number of nitrogens with one attached hydrogen (secondary N) is 1. The standard InChI is InChI=1S/C22H29ClN2O4/c1-6-7-16-8-10-19(18(23)12-16)28-20-11-9-17(13-24-20)27-14-15(2)25-21(26)29-22(3,4)5/h8-13,15H,6-7,14H2,1-5H3,(H,25,26)/t15-/m0/s1. The predicted octanol–water partition coefficient (Wildman–Crippen LogP) is 5.77. The molecule has 1 amide bonds. The first kappa shape index (κ1) is 22.8. The number of halogens is 1. The van der Waals surface area contributed by atoms with Gasteiger partial charge in [0.05, 0.1) is 17.3 Å². The van der Waals surface area contributed by atoms with Crippen LogP contribution in [0, 0.1) is 0 Å². The Bertz CT molecular complexity index is 803. The highest BCUT2D eigenvalue weighted by molar-refractivity contribution is 6.32. The van der Waals surface area contributed by atoms with Gasteiger partial charge in [0.2, 0.25) is 5.88 Å². The van der Waals surface area contributed by atoms with Crippen molar-refractivity contribution in [3.8, 4) is 17.4 Å². The summed E-state index contributed by atoms with van der Waals surface area (Å²) in [5, 5.41) is 3.28. The van der Waals surface area contributed by atoms with Crippen LogP contribution in [-0.2, 0) is 11.2 Å². The van der Waals surface area contributed by atoms with E-state index in [-0.39, 0.29) is 12.6 Å². The van der Waals surface area contributed by atoms with Crippen LogP contribution in [-0.4, -0.2) is 29.3 Å². The number of pyridine rings is 1. The number of amides is 1. The Kier molecular flexibility index (Phi) is 8.14. The van der Waals surface area contributed by atoms with Crippen LogP contribution in [0.4, 0.5) is 4.79 Å². The van der Waals surface area contributed by atoms with Gasteiger partial charge in [-0.25, -0.2) is 9.78 Å². The molecule has 0 fully saturated rings. The maximum Gasteiger partial charge on any atom is 0.407 e. The van der Waals surface area contributed by atoms with Gasteiger partial charge in [0, 0.05) is 6.07 Å². The molecule has 0 radical (unpaired) electrons. The predicted molar refractivity (Wildman–Crippen MR) is 114 cm³/mol. The van der Waals surface area contributed by atoms with Gasteiger partial charge in [-0.05, 0) is 57.9 Å². The number of hydrogen-bond donors (Lipinski definition) is 1. The van der Waals surface area contributed by atoms with Gasteiger partial charge in [-0.3, -0.25) is 0 Å². The molecule has 1 aromatic carbocycles. The van der Waals surface area contributed by atoms with E-state index in [1.54, 1.807) is 18.3 Å². The lowest BCUT2D eigenvalue weighted by molar-refractivity contribution is 0.0494. The van der Waals surface area contributed by atoms with E-state index in [2.05, 4.69) is 17.2 Å². The number of aryl methyl sites for hydroxylation is 1. The Morgan fingerprint density at radius 2 is 2.00 bits per heavy atom. The summed E-state index contributed by atoms with van der Waals surface area (Å²) in [6.45, 7) is 9.69. The van der Waals surface area contributed by atoms with E-state index in [0.29, 0.717) is 22.4 Å². The second-order valence-corrected chi connectivity index (χ2v) is 8.21. The van der Waals surface area contributed by atoms with Crippen LogP contribution in [0.1, 0.15) is 46.6 Å². The van der Waals surface area contributed by atoms with Gasteiger partial charge in [0.15, 0.2) is 0 Å². The maximum absolute atomic E-state index is 11.8. The second-order valence-electron chi connectivity index (χ2n) is 7.81. The normalized spacial score (nSPS) is 12.2. The molecule has 29 heavy (non-hydrogen) atoms. The van der Waals surface area contributed by atoms with Crippen LogP contribution >= 0.6 is 11.6 Å². The summed E-state index contributed by atoms with van der Waals surface area (Å²) in [5.41, 5.74) is 0.638. The number of carbonyl (C=O) groups is 1. The smallest absolute Gasteiger partial charge is 0.407 e. The summed E-state index contributed by atoms with van der Waals surface area (Å²) >= 11 is 6.29. The van der Waals surface area contributed by atoms with E-state index < -0.39 is 11.7 Å². The van der Waals surface area contributed by atoms with Crippen molar-refractivity contribution in [2.75, 3.05) is 6.61 Å². The molecule has 158 valence electrons. The largest absolute Gasteiger partial charge is 0.490 e. The van der Waals surface area contributed by atoms with Crippen molar-refractivity contribution in [3.63, 3.8) is 0 Å². The minimum Gasteiger partial charge on any atom is -0.490 e. The monoisotopic (exact) mass is 420 g/mol. The molecule has 0 saturated carbocycles. The highest BCUT2D eigenvalue weighted by Crippen LogP contribution is 2.30. The summed E-state index contributed by atoms with van der Waals surface area (Å²) < 4.78 is 16.6. The van der Waals surface area contributed by atoms with Gasteiger partial charge in [0.1, 0.15) is 23.7 Å². The zero-order valence-electron chi connectivity index (χ0n) is 17.6. The molecule has 0 aliphatic rings. The number of carbonyl (C=O) groups excluding carboxylic acids is 1. The molecule has 1 atom stereocenters. The van der Waals surface area contributed by atoms with E-state index in [1.807, 2.05) is 45.9 Å². The van der Waals surface area contributed by atoms with Gasteiger partial charge in [-0.1, -0.05) is 31.0 Å². The number of aromatic nitrogens is 1. The van der Waals surface area contributed by atoms with Crippen molar-refractivity contribution in [1.29, 1.82) is 0 Å². The molecule has 1 N–H and O–H groups in total. The van der Waals surface area contributed by atoms with Crippen molar-refractivity contribution >= 4 is 17.7 Å². The fraction of sp³-hybridized carbons (Fsp3) is 0.455. The fourth-order valence-corrected chi connectivity index (χ4v) is 2.71. The van der Waals surface area contributed by atoms with Gasteiger partial charge in [-0.15, -0.1) is 0 Å². The molecule has 0 bridgehead atoms. The summed E-state index contributed by atoms with van der Waals surface area (Å²) in [4.78, 5) is 16.0. The maximum atomic E-state index is 11.8. The second kappa shape index (κ2) is 10.3. The lowest BCUT2D eigenvalue weighted by Gasteiger charge is -2.22. The Balaban J connectivity index is 1.85. The minimum atomic E-state index is -0.538. The molecule has 0 spiro atoms. The van der Waals surface area contributed by atoms with E-state index in [9.17, 15) is 4.79 Å². The summed E-state index contributed by atoms with van der Waals surface area (Å²) in [7, 11) is 0. The fourth-order valence-electron chi connectivity index (χ4n) is 2.47. The molecule has 7 heteroatoms. The molecule has 0 saturated heterocycles. The zero-order valence-corrected chi connectivity index (χ0v) is 18.4. The topological polar surface area (TPSA) is 69.7 Å². The highest BCUT2D eigenvalue weighted by atomic mass is 35.5. The Morgan fingerprint density at radius 3 is 2.59 bits per heavy atom. The average molecular weight is 421 g/mol. The van der Waals surface area contributed by atoms with E-state index in [1.165, 1.54) is 5.56 Å². The minimum absolute atomic E-state index is 0.221. The summed E-state index contributed by atoms with van der Waals surface area (Å²) in [6, 6.07) is 9.00. The quantitative estimate of drug-likeness (QED) is 0.586. The molecular weight excluding hydrogens is 392 g/mol. The number of hydrogen-bond acceptors (Lipinski definition) is 5. The zero-order chi connectivity index (χ0) is 21.4. The van der Waals surface area contributed by atoms with Crippen molar-refractivity contribution in [1.82, 2.24) is 10.3 Å². The first-order valence-electron chi connectivity index (χ1n) is 9.71. The third kappa shape index (κ3) is 8.20. The third-order valence-electron chi connectivity index (χ3n) is 3.72. The summed E-state index contributed by atoms with van der Waals surface area (Å²) in [5.74, 6) is 1.55. The van der Waals surface area contributed by atoms with Crippen LogP contribution in [0.3, 0.4) is 0 Å². The lowest BCUT2D eigenvalue weighted by atomic mass is 10.1. The van der Waals surface area contributed by atoms with Crippen LogP contribution in [0.5, 0.6) is 17.4 Å². The number of rotatable bonds is 8. The van der Waals surface area contributed by atoms with E-state index >= 15 is 0 Å². The van der Waals surface area contributed by atoms with Crippen molar-refractivity contribution in [2.24, 2.45) is 0 Å². The Morgan fingerprint density at radius 1 is 1.24 bits per heavy atom. The van der Waals surface area contributed by atoms with Crippen LogP contribution in [0.2, 0.25) is 5.02 Å². The number of alkyl carbamates (subject to hydrolysis) is 1. The molecular formula is C22H29ClN2O4. The first-order chi connectivity index (χ1) is 13.7. The lowest BCUT2D eigenvalue weighted by Crippen LogP contribution is -2.40. The highest BCUT2D eigenvalue weighted by Gasteiger charge is 2.17. The van der Waals surface area contributed by atoms with Gasteiger partial charge in [0.25, 0.3) is 0 Å². The SMILES string of the molecule is CCCc1ccc(Oc2ccc(OC[C@H](C)NC(=O)OC(C)(C)C)cn2)c(Cl)c1. The molecule has 0 unspecified atom stereocenters. The molecule has 2 aromatic rings. The number of benzene rings is 1. The van der Waals surface area contributed by atoms with E-state index in [0.717, 1.165) is 12.8 Å². The van der Waals surface area contributed by atoms with E-state index in [4.69, 9.17) is 25.8 Å². The molecule has 0 aliphatic heterocycles. The number of nitrogens with zero attached hydrogens (tertiary/aromatic N) is 1. The van der Waals surface area contributed by atoms with Gasteiger partial charge in [-0.2, -0.15) is 0 Å². The van der Waals surface area contributed by atoms with Gasteiger partial charge < -0.3 is 19.5 Å². The first-order valence-corrected chi connectivity index (χ1v) is 10.1. The molecule has 1 aromatic heterocycles. The Hall–Kier alpha value is -2.47. The molecule has 2 rings (SSSR count). The van der Waals surface area contributed by atoms with Crippen LogP contribution in [0.25, 0.3) is 0 Å². The van der Waals surface area contributed by atoms with Crippen LogP contribution < -0.4 is 14.8 Å². The third-order valence-corrected chi connectivity index (χ3v) is 4.02. The van der Waals surface area contributed by atoms with Gasteiger partial charge >= 0.3 is 6.09 Å². The number of ether oxygens (including phenoxy) is 3. The van der Waals surface area contributed by atoms with Crippen molar-refractivity contribution in [3.05, 3.63) is 47.1 Å². The average Bonchev–Trinajstić information content (AvgIpc) is 2.62. The van der Waals surface area contributed by atoms with Crippen molar-refractivity contribution in [2.45, 2.75) is 59.1 Å². The molecule has 0 aliphatic carbocycles. The Labute approximate surface area is 177 Å². The van der Waals surface area contributed by atoms with Crippen molar-refractivity contribution < 1.29 is 19.0 Å². The summed E-state index contributed by atoms with van der Waals surface area (Å²) in [6.07, 6.45) is 3.13. The van der Waals surface area contributed by atoms with Crippen LogP contribution in [0.15, 0.2) is 36.5 Å². The molecule has 1 heterocycles. The molecule has 6 nitrogen and oxygen atoms in total.